The van der Waals surface area contributed by atoms with Crippen molar-refractivity contribution in [2.24, 2.45) is 0 Å². The van der Waals surface area contributed by atoms with Crippen molar-refractivity contribution in [1.82, 2.24) is 20.3 Å². The predicted molar refractivity (Wildman–Crippen MR) is 114 cm³/mol. The summed E-state index contributed by atoms with van der Waals surface area (Å²) in [6.07, 6.45) is -0.139. The third-order valence-electron chi connectivity index (χ3n) is 5.92. The van der Waals surface area contributed by atoms with Crippen LogP contribution in [-0.2, 0) is 4.74 Å². The van der Waals surface area contributed by atoms with Crippen LogP contribution in [0.5, 0.6) is 5.75 Å². The van der Waals surface area contributed by atoms with E-state index < -0.39 is 12.5 Å². The quantitative estimate of drug-likeness (QED) is 0.543. The first kappa shape index (κ1) is 21.5. The highest BCUT2D eigenvalue weighted by molar-refractivity contribution is 5.99. The van der Waals surface area contributed by atoms with Crippen LogP contribution in [0.1, 0.15) is 36.0 Å². The molecule has 1 saturated carbocycles. The number of aromatic nitrogens is 3. The lowest BCUT2D eigenvalue weighted by Gasteiger charge is -2.29. The van der Waals surface area contributed by atoms with Gasteiger partial charge in [0.25, 0.3) is 5.91 Å². The zero-order valence-electron chi connectivity index (χ0n) is 17.5. The Bertz CT molecular complexity index is 1170. The lowest BCUT2D eigenvalue weighted by atomic mass is 9.93. The van der Waals surface area contributed by atoms with E-state index in [2.05, 4.69) is 30.3 Å². The monoisotopic (exact) mass is 461 g/mol. The Labute approximate surface area is 186 Å². The van der Waals surface area contributed by atoms with E-state index in [-0.39, 0.29) is 11.9 Å². The van der Waals surface area contributed by atoms with Crippen LogP contribution >= 0.6 is 0 Å². The van der Waals surface area contributed by atoms with E-state index in [1.807, 2.05) is 18.3 Å². The van der Waals surface area contributed by atoms with Crippen LogP contribution in [0.25, 0.3) is 22.2 Å². The van der Waals surface area contributed by atoms with E-state index in [4.69, 9.17) is 4.74 Å². The van der Waals surface area contributed by atoms with E-state index >= 15 is 0 Å². The van der Waals surface area contributed by atoms with Crippen molar-refractivity contribution in [2.75, 3.05) is 18.5 Å². The highest BCUT2D eigenvalue weighted by Gasteiger charge is 2.35. The Morgan fingerprint density at radius 2 is 1.97 bits per heavy atom. The van der Waals surface area contributed by atoms with E-state index in [1.54, 1.807) is 12.3 Å². The van der Waals surface area contributed by atoms with Gasteiger partial charge in [-0.2, -0.15) is 4.98 Å². The number of hydrogen-bond acceptors (Lipinski definition) is 6. The summed E-state index contributed by atoms with van der Waals surface area (Å²) >= 11 is 0. The van der Waals surface area contributed by atoms with Crippen LogP contribution in [0, 0.1) is 0 Å². The maximum Gasteiger partial charge on any atom is 0.522 e. The molecule has 0 saturated heterocycles. The number of alkyl halides is 3. The van der Waals surface area contributed by atoms with E-state index in [0.29, 0.717) is 61.7 Å². The SMILES string of the molecule is O=C1NCCOc2cc(-c3c[nH]c4nc(NC5CCC(OC(F)(F)F)CC5)ncc34)ccc21. The van der Waals surface area contributed by atoms with Gasteiger partial charge in [-0.05, 0) is 43.4 Å². The van der Waals surface area contributed by atoms with Crippen LogP contribution in [0.3, 0.4) is 0 Å². The van der Waals surface area contributed by atoms with E-state index in [1.165, 1.54) is 0 Å². The molecule has 0 radical (unpaired) electrons. The number of carbonyl (C=O) groups is 1. The normalized spacial score (nSPS) is 21.1. The molecule has 33 heavy (non-hydrogen) atoms. The number of halogens is 3. The van der Waals surface area contributed by atoms with Gasteiger partial charge in [-0.1, -0.05) is 6.07 Å². The first-order valence-corrected chi connectivity index (χ1v) is 10.8. The average molecular weight is 461 g/mol. The molecule has 174 valence electrons. The van der Waals surface area contributed by atoms with Crippen LogP contribution < -0.4 is 15.4 Å². The third kappa shape index (κ3) is 4.72. The van der Waals surface area contributed by atoms with Crippen molar-refractivity contribution in [1.29, 1.82) is 0 Å². The van der Waals surface area contributed by atoms with Gasteiger partial charge in [-0.3, -0.25) is 9.53 Å². The molecule has 8 nitrogen and oxygen atoms in total. The number of fused-ring (bicyclic) bond motifs is 2. The molecule has 0 atom stereocenters. The first-order chi connectivity index (χ1) is 15.9. The van der Waals surface area contributed by atoms with Crippen molar-refractivity contribution < 1.29 is 27.4 Å². The van der Waals surface area contributed by atoms with Gasteiger partial charge in [-0.15, -0.1) is 13.2 Å². The third-order valence-corrected chi connectivity index (χ3v) is 5.92. The summed E-state index contributed by atoms with van der Waals surface area (Å²) in [5, 5.41) is 6.80. The minimum atomic E-state index is -4.60. The fourth-order valence-electron chi connectivity index (χ4n) is 4.33. The lowest BCUT2D eigenvalue weighted by molar-refractivity contribution is -0.345. The summed E-state index contributed by atoms with van der Waals surface area (Å²) < 4.78 is 47.0. The van der Waals surface area contributed by atoms with Crippen molar-refractivity contribution in [2.45, 2.75) is 44.2 Å². The Morgan fingerprint density at radius 1 is 1.15 bits per heavy atom. The van der Waals surface area contributed by atoms with Gasteiger partial charge in [0.2, 0.25) is 5.95 Å². The lowest BCUT2D eigenvalue weighted by Crippen LogP contribution is -2.33. The molecule has 3 N–H and O–H groups in total. The summed E-state index contributed by atoms with van der Waals surface area (Å²) in [6, 6.07) is 5.40. The Hall–Kier alpha value is -3.34. The second kappa shape index (κ2) is 8.54. The summed E-state index contributed by atoms with van der Waals surface area (Å²) in [5.41, 5.74) is 2.86. The number of H-pyrrole nitrogens is 1. The summed E-state index contributed by atoms with van der Waals surface area (Å²) in [4.78, 5) is 24.2. The molecule has 2 aromatic heterocycles. The van der Waals surface area contributed by atoms with Gasteiger partial charge in [0.15, 0.2) is 0 Å². The largest absolute Gasteiger partial charge is 0.522 e. The van der Waals surface area contributed by atoms with Crippen LogP contribution in [0.4, 0.5) is 19.1 Å². The second-order valence-corrected chi connectivity index (χ2v) is 8.16. The minimum absolute atomic E-state index is 0.0159. The van der Waals surface area contributed by atoms with Crippen molar-refractivity contribution in [3.05, 3.63) is 36.2 Å². The molecular weight excluding hydrogens is 439 g/mol. The molecule has 1 aliphatic heterocycles. The number of nitrogens with one attached hydrogen (secondary N) is 3. The molecule has 2 aliphatic rings. The molecule has 3 heterocycles. The molecule has 1 aliphatic carbocycles. The number of carbonyl (C=O) groups excluding carboxylic acids is 1. The molecule has 1 amide bonds. The van der Waals surface area contributed by atoms with Gasteiger partial charge in [0.05, 0.1) is 18.2 Å². The molecule has 0 bridgehead atoms. The summed E-state index contributed by atoms with van der Waals surface area (Å²) in [6.45, 7) is 0.856. The van der Waals surface area contributed by atoms with Crippen LogP contribution in [0.15, 0.2) is 30.6 Å². The molecule has 3 aromatic rings. The van der Waals surface area contributed by atoms with Crippen LogP contribution in [0.2, 0.25) is 0 Å². The highest BCUT2D eigenvalue weighted by Crippen LogP contribution is 2.33. The van der Waals surface area contributed by atoms with Crippen LogP contribution in [-0.4, -0.2) is 52.5 Å². The number of ether oxygens (including phenoxy) is 2. The summed E-state index contributed by atoms with van der Waals surface area (Å²) in [7, 11) is 0. The molecule has 11 heteroatoms. The second-order valence-electron chi connectivity index (χ2n) is 8.16. The molecule has 0 unspecified atom stereocenters. The number of hydrogen-bond donors (Lipinski definition) is 3. The maximum atomic E-state index is 12.4. The standard InChI is InChI=1S/C22H22F3N5O3/c23-22(24,25)33-14-4-2-13(3-5-14)29-21-28-11-17-16(10-27-19(17)30-21)12-1-6-15-18(9-12)32-8-7-26-20(15)31/h1,6,9-11,13-14H,2-5,7-8H2,(H,26,31)(H2,27,28,29,30). The van der Waals surface area contributed by atoms with Gasteiger partial charge in [0.1, 0.15) is 18.0 Å². The smallest absolute Gasteiger partial charge is 0.491 e. The average Bonchev–Trinajstić information content (AvgIpc) is 3.11. The van der Waals surface area contributed by atoms with Crippen molar-refractivity contribution in [3.63, 3.8) is 0 Å². The predicted octanol–water partition coefficient (Wildman–Crippen LogP) is 4.01. The molecule has 1 aromatic carbocycles. The molecule has 1 fully saturated rings. The topological polar surface area (TPSA) is 101 Å². The van der Waals surface area contributed by atoms with Crippen molar-refractivity contribution >= 4 is 22.9 Å². The number of benzene rings is 1. The van der Waals surface area contributed by atoms with Gasteiger partial charge < -0.3 is 20.4 Å². The fraction of sp³-hybridized carbons (Fsp3) is 0.409. The molecule has 5 rings (SSSR count). The number of anilines is 1. The van der Waals surface area contributed by atoms with Gasteiger partial charge >= 0.3 is 6.36 Å². The van der Waals surface area contributed by atoms with E-state index in [9.17, 15) is 18.0 Å². The Kier molecular flexibility index (Phi) is 5.57. The molecular formula is C22H22F3N5O3. The number of rotatable bonds is 4. The van der Waals surface area contributed by atoms with Gasteiger partial charge in [0, 0.05) is 29.4 Å². The molecule has 0 spiro atoms. The zero-order valence-corrected chi connectivity index (χ0v) is 17.5. The number of amides is 1. The number of aromatic amines is 1. The highest BCUT2D eigenvalue weighted by atomic mass is 19.4. The maximum absolute atomic E-state index is 12.4. The summed E-state index contributed by atoms with van der Waals surface area (Å²) in [5.74, 6) is 0.783. The first-order valence-electron chi connectivity index (χ1n) is 10.8. The number of nitrogens with zero attached hydrogens (tertiary/aromatic N) is 2. The Morgan fingerprint density at radius 3 is 2.76 bits per heavy atom. The van der Waals surface area contributed by atoms with E-state index in [0.717, 1.165) is 16.5 Å². The Balaban J connectivity index is 1.30. The fourth-order valence-corrected chi connectivity index (χ4v) is 4.33. The van der Waals surface area contributed by atoms with Gasteiger partial charge in [-0.25, -0.2) is 4.98 Å². The zero-order chi connectivity index (χ0) is 23.0. The minimum Gasteiger partial charge on any atom is -0.491 e. The van der Waals surface area contributed by atoms with Crippen molar-refractivity contribution in [3.8, 4) is 16.9 Å².